The Bertz CT molecular complexity index is 552. The molecule has 0 heterocycles. The standard InChI is InChI=1S/C16H17NO2/c1-17(16(18)14-8-4-3-5-9-14)12-13-7-6-10-15(11-13)19-2/h3-11H,12H2,1-2H3. The van der Waals surface area contributed by atoms with Crippen molar-refractivity contribution in [2.24, 2.45) is 0 Å². The van der Waals surface area contributed by atoms with Gasteiger partial charge in [-0.2, -0.15) is 0 Å². The van der Waals surface area contributed by atoms with E-state index in [0.29, 0.717) is 12.1 Å². The van der Waals surface area contributed by atoms with E-state index >= 15 is 0 Å². The van der Waals surface area contributed by atoms with Crippen molar-refractivity contribution in [3.63, 3.8) is 0 Å². The molecule has 0 N–H and O–H groups in total. The summed E-state index contributed by atoms with van der Waals surface area (Å²) >= 11 is 0. The van der Waals surface area contributed by atoms with Crippen LogP contribution in [0, 0.1) is 0 Å². The highest BCUT2D eigenvalue weighted by atomic mass is 16.5. The van der Waals surface area contributed by atoms with Gasteiger partial charge in [-0.15, -0.1) is 0 Å². The summed E-state index contributed by atoms with van der Waals surface area (Å²) in [5, 5.41) is 0. The molecule has 0 fully saturated rings. The van der Waals surface area contributed by atoms with E-state index in [1.54, 1.807) is 19.1 Å². The average molecular weight is 255 g/mol. The van der Waals surface area contributed by atoms with Crippen LogP contribution in [0.15, 0.2) is 54.6 Å². The highest BCUT2D eigenvalue weighted by molar-refractivity contribution is 5.93. The molecule has 1 amide bonds. The average Bonchev–Trinajstić information content (AvgIpc) is 2.47. The smallest absolute Gasteiger partial charge is 0.253 e. The van der Waals surface area contributed by atoms with Gasteiger partial charge in [0.25, 0.3) is 5.91 Å². The summed E-state index contributed by atoms with van der Waals surface area (Å²) in [5.41, 5.74) is 1.75. The minimum Gasteiger partial charge on any atom is -0.497 e. The predicted octanol–water partition coefficient (Wildman–Crippen LogP) is 2.97. The van der Waals surface area contributed by atoms with Crippen LogP contribution in [0.25, 0.3) is 0 Å². The van der Waals surface area contributed by atoms with Gasteiger partial charge < -0.3 is 9.64 Å². The number of hydrogen-bond donors (Lipinski definition) is 0. The van der Waals surface area contributed by atoms with Crippen molar-refractivity contribution in [2.75, 3.05) is 14.2 Å². The molecule has 0 saturated heterocycles. The molecule has 0 unspecified atom stereocenters. The number of rotatable bonds is 4. The molecule has 0 saturated carbocycles. The Morgan fingerprint density at radius 2 is 1.84 bits per heavy atom. The van der Waals surface area contributed by atoms with E-state index in [0.717, 1.165) is 11.3 Å². The van der Waals surface area contributed by atoms with Crippen molar-refractivity contribution in [2.45, 2.75) is 6.54 Å². The van der Waals surface area contributed by atoms with Gasteiger partial charge in [-0.3, -0.25) is 4.79 Å². The molecule has 3 heteroatoms. The van der Waals surface area contributed by atoms with Crippen LogP contribution in [0.1, 0.15) is 15.9 Å². The van der Waals surface area contributed by atoms with Crippen LogP contribution in [0.2, 0.25) is 0 Å². The quantitative estimate of drug-likeness (QED) is 0.840. The summed E-state index contributed by atoms with van der Waals surface area (Å²) in [6.45, 7) is 0.560. The zero-order valence-electron chi connectivity index (χ0n) is 11.2. The first-order valence-electron chi connectivity index (χ1n) is 6.14. The molecule has 0 aliphatic carbocycles. The molecular weight excluding hydrogens is 238 g/mol. The third-order valence-corrected chi connectivity index (χ3v) is 2.92. The van der Waals surface area contributed by atoms with Gasteiger partial charge in [0, 0.05) is 19.2 Å². The molecule has 0 aromatic heterocycles. The van der Waals surface area contributed by atoms with E-state index in [2.05, 4.69) is 0 Å². The van der Waals surface area contributed by atoms with Crippen LogP contribution in [-0.4, -0.2) is 25.0 Å². The van der Waals surface area contributed by atoms with E-state index < -0.39 is 0 Å². The molecule has 19 heavy (non-hydrogen) atoms. The number of benzene rings is 2. The van der Waals surface area contributed by atoms with Crippen molar-refractivity contribution in [1.29, 1.82) is 0 Å². The minimum absolute atomic E-state index is 0.0171. The summed E-state index contributed by atoms with van der Waals surface area (Å²) in [4.78, 5) is 13.9. The van der Waals surface area contributed by atoms with Crippen LogP contribution >= 0.6 is 0 Å². The van der Waals surface area contributed by atoms with Gasteiger partial charge in [0.1, 0.15) is 5.75 Å². The fourth-order valence-corrected chi connectivity index (χ4v) is 1.92. The first-order chi connectivity index (χ1) is 9.20. The molecule has 0 bridgehead atoms. The van der Waals surface area contributed by atoms with Crippen molar-refractivity contribution < 1.29 is 9.53 Å². The Balaban J connectivity index is 2.08. The molecule has 3 nitrogen and oxygen atoms in total. The fourth-order valence-electron chi connectivity index (χ4n) is 1.92. The largest absolute Gasteiger partial charge is 0.497 e. The van der Waals surface area contributed by atoms with E-state index in [1.165, 1.54) is 0 Å². The second kappa shape index (κ2) is 6.05. The number of carbonyl (C=O) groups excluding carboxylic acids is 1. The number of methoxy groups -OCH3 is 1. The summed E-state index contributed by atoms with van der Waals surface area (Å²) in [6, 6.07) is 17.0. The lowest BCUT2D eigenvalue weighted by Crippen LogP contribution is -2.26. The molecule has 2 aromatic carbocycles. The molecule has 0 spiro atoms. The van der Waals surface area contributed by atoms with Crippen LogP contribution in [-0.2, 0) is 6.54 Å². The Labute approximate surface area is 113 Å². The van der Waals surface area contributed by atoms with Crippen molar-refractivity contribution in [3.8, 4) is 5.75 Å². The lowest BCUT2D eigenvalue weighted by molar-refractivity contribution is 0.0785. The number of carbonyl (C=O) groups is 1. The normalized spacial score (nSPS) is 10.0. The Hall–Kier alpha value is -2.29. The maximum atomic E-state index is 12.2. The van der Waals surface area contributed by atoms with Crippen LogP contribution in [0.3, 0.4) is 0 Å². The molecular formula is C16H17NO2. The summed E-state index contributed by atoms with van der Waals surface area (Å²) in [7, 11) is 3.44. The Kier molecular flexibility index (Phi) is 4.18. The molecule has 0 atom stereocenters. The van der Waals surface area contributed by atoms with Crippen molar-refractivity contribution >= 4 is 5.91 Å². The fraction of sp³-hybridized carbons (Fsp3) is 0.188. The Morgan fingerprint density at radius 3 is 2.53 bits per heavy atom. The van der Waals surface area contributed by atoms with Crippen LogP contribution < -0.4 is 4.74 Å². The second-order valence-corrected chi connectivity index (χ2v) is 4.38. The lowest BCUT2D eigenvalue weighted by Gasteiger charge is -2.17. The monoisotopic (exact) mass is 255 g/mol. The molecule has 0 radical (unpaired) electrons. The number of ether oxygens (including phenoxy) is 1. The maximum absolute atomic E-state index is 12.2. The number of nitrogens with zero attached hydrogens (tertiary/aromatic N) is 1. The van der Waals surface area contributed by atoms with Gasteiger partial charge in [-0.1, -0.05) is 30.3 Å². The summed E-state index contributed by atoms with van der Waals surface area (Å²) < 4.78 is 5.18. The predicted molar refractivity (Wildman–Crippen MR) is 75.2 cm³/mol. The van der Waals surface area contributed by atoms with Crippen LogP contribution in [0.5, 0.6) is 5.75 Å². The third-order valence-electron chi connectivity index (χ3n) is 2.92. The van der Waals surface area contributed by atoms with E-state index in [-0.39, 0.29) is 5.91 Å². The van der Waals surface area contributed by atoms with Crippen molar-refractivity contribution in [1.82, 2.24) is 4.90 Å². The molecule has 2 rings (SSSR count). The molecule has 98 valence electrons. The van der Waals surface area contributed by atoms with Gasteiger partial charge in [-0.25, -0.2) is 0 Å². The van der Waals surface area contributed by atoms with Gasteiger partial charge >= 0.3 is 0 Å². The number of amides is 1. The van der Waals surface area contributed by atoms with Gasteiger partial charge in [0.05, 0.1) is 7.11 Å². The Morgan fingerprint density at radius 1 is 1.11 bits per heavy atom. The maximum Gasteiger partial charge on any atom is 0.253 e. The molecule has 2 aromatic rings. The summed E-state index contributed by atoms with van der Waals surface area (Å²) in [6.07, 6.45) is 0. The third kappa shape index (κ3) is 3.35. The minimum atomic E-state index is 0.0171. The zero-order chi connectivity index (χ0) is 13.7. The van der Waals surface area contributed by atoms with Crippen molar-refractivity contribution in [3.05, 3.63) is 65.7 Å². The van der Waals surface area contributed by atoms with E-state index in [4.69, 9.17) is 4.74 Å². The van der Waals surface area contributed by atoms with Crippen LogP contribution in [0.4, 0.5) is 0 Å². The topological polar surface area (TPSA) is 29.5 Å². The summed E-state index contributed by atoms with van der Waals surface area (Å²) in [5.74, 6) is 0.821. The van der Waals surface area contributed by atoms with E-state index in [1.807, 2.05) is 54.6 Å². The molecule has 0 aliphatic heterocycles. The van der Waals surface area contributed by atoms with Gasteiger partial charge in [-0.05, 0) is 29.8 Å². The lowest BCUT2D eigenvalue weighted by atomic mass is 10.1. The molecule has 0 aliphatic rings. The SMILES string of the molecule is COc1cccc(CN(C)C(=O)c2ccccc2)c1. The van der Waals surface area contributed by atoms with Gasteiger partial charge in [0.15, 0.2) is 0 Å². The zero-order valence-corrected chi connectivity index (χ0v) is 11.2. The second-order valence-electron chi connectivity index (χ2n) is 4.38. The van der Waals surface area contributed by atoms with E-state index in [9.17, 15) is 4.79 Å². The number of hydrogen-bond acceptors (Lipinski definition) is 2. The first-order valence-corrected chi connectivity index (χ1v) is 6.14. The highest BCUT2D eigenvalue weighted by Crippen LogP contribution is 2.14. The first kappa shape index (κ1) is 13.1. The highest BCUT2D eigenvalue weighted by Gasteiger charge is 2.11. The van der Waals surface area contributed by atoms with Gasteiger partial charge in [0.2, 0.25) is 0 Å².